The minimum Gasteiger partial charge on any atom is -0.336 e. The van der Waals surface area contributed by atoms with E-state index in [1.54, 1.807) is 0 Å². The topological polar surface area (TPSA) is 9.72 Å². The summed E-state index contributed by atoms with van der Waals surface area (Å²) in [5.41, 5.74) is 2.34. The van der Waals surface area contributed by atoms with Crippen LogP contribution in [0.25, 0.3) is 0 Å². The van der Waals surface area contributed by atoms with E-state index in [-0.39, 0.29) is 5.69 Å². The van der Waals surface area contributed by atoms with Gasteiger partial charge in [0, 0.05) is 17.4 Å². The lowest BCUT2D eigenvalue weighted by Gasteiger charge is -2.45. The average molecular weight is 351 g/mol. The molecule has 0 N–H and O–H groups in total. The smallest absolute Gasteiger partial charge is 0.146 e. The van der Waals surface area contributed by atoms with Gasteiger partial charge in [-0.15, -0.1) is 0 Å². The molecular formula is C21H19F2N3. The molecule has 5 heteroatoms. The molecule has 132 valence electrons. The van der Waals surface area contributed by atoms with E-state index in [1.807, 2.05) is 65.6 Å². The van der Waals surface area contributed by atoms with Gasteiger partial charge in [-0.25, -0.2) is 8.78 Å². The van der Waals surface area contributed by atoms with Gasteiger partial charge in [-0.3, -0.25) is 0 Å². The molecule has 3 nitrogen and oxygen atoms in total. The molecule has 0 amide bonds. The zero-order valence-electron chi connectivity index (χ0n) is 14.2. The van der Waals surface area contributed by atoms with Crippen LogP contribution in [0.15, 0.2) is 78.9 Å². The summed E-state index contributed by atoms with van der Waals surface area (Å²) in [7, 11) is 0. The maximum atomic E-state index is 14.4. The summed E-state index contributed by atoms with van der Waals surface area (Å²) in [6.45, 7) is 1.63. The third-order valence-corrected chi connectivity index (χ3v) is 4.52. The first-order valence-electron chi connectivity index (χ1n) is 8.51. The minimum atomic E-state index is -0.440. The standard InChI is InChI=1S/C21H19F2N3/c22-17-11-12-20(23)21(13-17)26-15-24(18-7-3-1-4-8-18)14-25(16-26)19-9-5-2-6-10-19/h1-13H,14-16H2. The first kappa shape index (κ1) is 16.4. The van der Waals surface area contributed by atoms with Crippen molar-refractivity contribution >= 4 is 17.1 Å². The van der Waals surface area contributed by atoms with Gasteiger partial charge in [0.1, 0.15) is 11.6 Å². The summed E-state index contributed by atoms with van der Waals surface area (Å²) < 4.78 is 28.1. The fourth-order valence-electron chi connectivity index (χ4n) is 3.24. The van der Waals surface area contributed by atoms with Crippen LogP contribution in [0.5, 0.6) is 0 Å². The zero-order valence-corrected chi connectivity index (χ0v) is 14.2. The van der Waals surface area contributed by atoms with E-state index in [4.69, 9.17) is 0 Å². The Morgan fingerprint density at radius 3 is 1.62 bits per heavy atom. The lowest BCUT2D eigenvalue weighted by molar-refractivity contribution is 0.567. The molecule has 26 heavy (non-hydrogen) atoms. The van der Waals surface area contributed by atoms with Crippen LogP contribution in [-0.4, -0.2) is 20.0 Å². The molecule has 0 radical (unpaired) electrons. The van der Waals surface area contributed by atoms with Crippen LogP contribution in [0, 0.1) is 11.6 Å². The second-order valence-corrected chi connectivity index (χ2v) is 6.31. The van der Waals surface area contributed by atoms with Crippen LogP contribution in [-0.2, 0) is 0 Å². The van der Waals surface area contributed by atoms with Crippen molar-refractivity contribution in [2.45, 2.75) is 0 Å². The molecule has 1 fully saturated rings. The Morgan fingerprint density at radius 1 is 0.577 bits per heavy atom. The van der Waals surface area contributed by atoms with Gasteiger partial charge in [-0.1, -0.05) is 36.4 Å². The van der Waals surface area contributed by atoms with Crippen molar-refractivity contribution in [1.29, 1.82) is 0 Å². The van der Waals surface area contributed by atoms with E-state index in [0.717, 1.165) is 17.4 Å². The summed E-state index contributed by atoms with van der Waals surface area (Å²) in [5.74, 6) is -0.862. The van der Waals surface area contributed by atoms with Gasteiger partial charge >= 0.3 is 0 Å². The van der Waals surface area contributed by atoms with Crippen molar-refractivity contribution < 1.29 is 8.78 Å². The lowest BCUT2D eigenvalue weighted by Crippen LogP contribution is -2.55. The largest absolute Gasteiger partial charge is 0.336 e. The fourth-order valence-corrected chi connectivity index (χ4v) is 3.24. The molecule has 1 aliphatic heterocycles. The minimum absolute atomic E-state index is 0.270. The molecule has 1 aliphatic rings. The second kappa shape index (κ2) is 7.04. The first-order chi connectivity index (χ1) is 12.7. The second-order valence-electron chi connectivity index (χ2n) is 6.31. The molecule has 0 atom stereocenters. The number of benzene rings is 3. The summed E-state index contributed by atoms with van der Waals surface area (Å²) in [4.78, 5) is 6.13. The SMILES string of the molecule is Fc1ccc(F)c(N2CN(c3ccccc3)CN(c3ccccc3)C2)c1. The molecule has 1 saturated heterocycles. The number of nitrogens with zero attached hydrogens (tertiary/aromatic N) is 3. The number of hydrogen-bond acceptors (Lipinski definition) is 3. The van der Waals surface area contributed by atoms with Crippen molar-refractivity contribution in [2.75, 3.05) is 34.7 Å². The van der Waals surface area contributed by atoms with Crippen molar-refractivity contribution in [1.82, 2.24) is 0 Å². The molecule has 0 aliphatic carbocycles. The van der Waals surface area contributed by atoms with Crippen LogP contribution >= 0.6 is 0 Å². The van der Waals surface area contributed by atoms with Crippen LogP contribution in [0.1, 0.15) is 0 Å². The van der Waals surface area contributed by atoms with E-state index in [1.165, 1.54) is 12.1 Å². The summed E-state index contributed by atoms with van der Waals surface area (Å²) in [5, 5.41) is 0. The summed E-state index contributed by atoms with van der Waals surface area (Å²) in [6.07, 6.45) is 0. The highest BCUT2D eigenvalue weighted by atomic mass is 19.1. The molecule has 0 aromatic heterocycles. The van der Waals surface area contributed by atoms with E-state index in [9.17, 15) is 8.78 Å². The van der Waals surface area contributed by atoms with Gasteiger partial charge in [0.05, 0.1) is 25.7 Å². The van der Waals surface area contributed by atoms with Gasteiger partial charge in [0.2, 0.25) is 0 Å². The monoisotopic (exact) mass is 351 g/mol. The molecule has 1 heterocycles. The average Bonchev–Trinajstić information content (AvgIpc) is 2.71. The van der Waals surface area contributed by atoms with Gasteiger partial charge in [-0.05, 0) is 36.4 Å². The van der Waals surface area contributed by atoms with E-state index in [0.29, 0.717) is 20.0 Å². The highest BCUT2D eigenvalue weighted by molar-refractivity contribution is 5.59. The highest BCUT2D eigenvalue weighted by Crippen LogP contribution is 2.28. The quantitative estimate of drug-likeness (QED) is 0.679. The Bertz CT molecular complexity index is 823. The fraction of sp³-hybridized carbons (Fsp3) is 0.143. The normalized spacial score (nSPS) is 14.6. The molecule has 0 bridgehead atoms. The van der Waals surface area contributed by atoms with E-state index >= 15 is 0 Å². The lowest BCUT2D eigenvalue weighted by atomic mass is 10.2. The van der Waals surface area contributed by atoms with E-state index < -0.39 is 11.6 Å². The Kier molecular flexibility index (Phi) is 4.44. The number of anilines is 3. The van der Waals surface area contributed by atoms with Gasteiger partial charge in [-0.2, -0.15) is 0 Å². The predicted molar refractivity (Wildman–Crippen MR) is 101 cm³/mol. The van der Waals surface area contributed by atoms with Crippen LogP contribution in [0.2, 0.25) is 0 Å². The van der Waals surface area contributed by atoms with Gasteiger partial charge < -0.3 is 14.7 Å². The molecule has 0 unspecified atom stereocenters. The molecule has 4 rings (SSSR count). The Hall–Kier alpha value is -3.08. The third-order valence-electron chi connectivity index (χ3n) is 4.52. The zero-order chi connectivity index (χ0) is 17.9. The van der Waals surface area contributed by atoms with Crippen molar-refractivity contribution in [3.8, 4) is 0 Å². The maximum Gasteiger partial charge on any atom is 0.146 e. The van der Waals surface area contributed by atoms with Gasteiger partial charge in [0.15, 0.2) is 0 Å². The highest BCUT2D eigenvalue weighted by Gasteiger charge is 2.26. The van der Waals surface area contributed by atoms with Crippen molar-refractivity contribution in [3.63, 3.8) is 0 Å². The predicted octanol–water partition coefficient (Wildman–Crippen LogP) is 4.67. The Labute approximate surface area is 151 Å². The number of hydrogen-bond donors (Lipinski definition) is 0. The van der Waals surface area contributed by atoms with Crippen molar-refractivity contribution in [2.24, 2.45) is 0 Å². The summed E-state index contributed by atoms with van der Waals surface area (Å²) in [6, 6.07) is 23.5. The summed E-state index contributed by atoms with van der Waals surface area (Å²) >= 11 is 0. The van der Waals surface area contributed by atoms with Crippen LogP contribution in [0.3, 0.4) is 0 Å². The van der Waals surface area contributed by atoms with Gasteiger partial charge in [0.25, 0.3) is 0 Å². The molecule has 0 spiro atoms. The Balaban J connectivity index is 1.70. The molecule has 3 aromatic rings. The van der Waals surface area contributed by atoms with E-state index in [2.05, 4.69) is 9.80 Å². The number of rotatable bonds is 3. The molecule has 0 saturated carbocycles. The first-order valence-corrected chi connectivity index (χ1v) is 8.51. The maximum absolute atomic E-state index is 14.4. The number of halogens is 2. The third kappa shape index (κ3) is 3.33. The number of para-hydroxylation sites is 2. The Morgan fingerprint density at radius 2 is 1.08 bits per heavy atom. The van der Waals surface area contributed by atoms with Crippen LogP contribution in [0.4, 0.5) is 25.8 Å². The van der Waals surface area contributed by atoms with Crippen LogP contribution < -0.4 is 14.7 Å². The molecular weight excluding hydrogens is 332 g/mol. The molecule has 3 aromatic carbocycles. The van der Waals surface area contributed by atoms with Crippen molar-refractivity contribution in [3.05, 3.63) is 90.5 Å².